The van der Waals surface area contributed by atoms with Gasteiger partial charge in [-0.3, -0.25) is 0 Å². The third kappa shape index (κ3) is 3.91. The molecular weight excluding hydrogens is 581 g/mol. The van der Waals surface area contributed by atoms with Gasteiger partial charge in [-0.2, -0.15) is 0 Å². The highest BCUT2D eigenvalue weighted by Gasteiger charge is 2.21. The summed E-state index contributed by atoms with van der Waals surface area (Å²) in [5, 5.41) is 8.14. The second kappa shape index (κ2) is 9.83. The van der Waals surface area contributed by atoms with E-state index in [9.17, 15) is 0 Å². The highest BCUT2D eigenvalue weighted by molar-refractivity contribution is 7.26. The summed E-state index contributed by atoms with van der Waals surface area (Å²) in [7, 11) is 0. The Morgan fingerprint density at radius 1 is 0.478 bits per heavy atom. The first-order valence-corrected chi connectivity index (χ1v) is 16.2. The van der Waals surface area contributed by atoms with Gasteiger partial charge in [0.2, 0.25) is 0 Å². The lowest BCUT2D eigenvalue weighted by molar-refractivity contribution is 0.669. The second-order valence-electron chi connectivity index (χ2n) is 11.8. The maximum absolute atomic E-state index is 6.56. The van der Waals surface area contributed by atoms with Gasteiger partial charge in [-0.15, -0.1) is 11.3 Å². The minimum Gasteiger partial charge on any atom is -0.456 e. The molecule has 3 heterocycles. The molecular formula is C42H24N2OS. The van der Waals surface area contributed by atoms with Crippen LogP contribution in [0.4, 0.5) is 0 Å². The van der Waals surface area contributed by atoms with Crippen LogP contribution in [0.15, 0.2) is 150 Å². The van der Waals surface area contributed by atoms with Gasteiger partial charge in [0.15, 0.2) is 5.82 Å². The van der Waals surface area contributed by atoms with Crippen LogP contribution in [0.3, 0.4) is 0 Å². The Hall–Kier alpha value is -5.84. The first kappa shape index (κ1) is 25.5. The summed E-state index contributed by atoms with van der Waals surface area (Å²) in [6, 6.07) is 51.4. The van der Waals surface area contributed by atoms with Gasteiger partial charge in [-0.1, -0.05) is 109 Å². The molecule has 3 nitrogen and oxygen atoms in total. The Kier molecular flexibility index (Phi) is 5.45. The van der Waals surface area contributed by atoms with Gasteiger partial charge < -0.3 is 4.42 Å². The van der Waals surface area contributed by atoms with Crippen molar-refractivity contribution in [2.45, 2.75) is 0 Å². The third-order valence-electron chi connectivity index (χ3n) is 9.06. The lowest BCUT2D eigenvalue weighted by atomic mass is 9.98. The molecule has 7 aromatic carbocycles. The smallest absolute Gasteiger partial charge is 0.160 e. The highest BCUT2D eigenvalue weighted by Crippen LogP contribution is 2.44. The van der Waals surface area contributed by atoms with Crippen LogP contribution in [0.1, 0.15) is 0 Å². The Bertz CT molecular complexity index is 2830. The van der Waals surface area contributed by atoms with Gasteiger partial charge in [-0.05, 0) is 69.1 Å². The molecule has 0 saturated heterocycles. The molecule has 10 aromatic rings. The van der Waals surface area contributed by atoms with E-state index >= 15 is 0 Å². The number of benzene rings is 7. The fraction of sp³-hybridized carbons (Fsp3) is 0. The third-order valence-corrected chi connectivity index (χ3v) is 10.2. The molecule has 0 spiro atoms. The normalized spacial score (nSPS) is 11.9. The van der Waals surface area contributed by atoms with E-state index < -0.39 is 0 Å². The zero-order valence-electron chi connectivity index (χ0n) is 24.6. The minimum absolute atomic E-state index is 0.722. The standard InChI is InChI=1S/C42H24N2OS/c1-3-10-27-22-29(18-16-25(27)8-1)30-20-21-32-36(24-30)45-35-14-7-13-34(38(32)35)40-41-39(33-12-5-6-15-37(33)46-41)43-42(44-40)31-19-17-26-9-2-4-11-28(26)23-31/h1-24H. The molecule has 3 aromatic heterocycles. The lowest BCUT2D eigenvalue weighted by Crippen LogP contribution is -1.94. The number of nitrogens with zero attached hydrogens (tertiary/aromatic N) is 2. The average Bonchev–Trinajstić information content (AvgIpc) is 3.69. The van der Waals surface area contributed by atoms with Crippen LogP contribution < -0.4 is 0 Å². The van der Waals surface area contributed by atoms with Gasteiger partial charge >= 0.3 is 0 Å². The first-order chi connectivity index (χ1) is 22.8. The van der Waals surface area contributed by atoms with E-state index in [1.54, 1.807) is 11.3 Å². The van der Waals surface area contributed by atoms with Crippen LogP contribution in [0.5, 0.6) is 0 Å². The van der Waals surface area contributed by atoms with Crippen molar-refractivity contribution in [1.29, 1.82) is 0 Å². The molecule has 0 atom stereocenters. The van der Waals surface area contributed by atoms with E-state index in [0.717, 1.165) is 65.8 Å². The SMILES string of the molecule is c1ccc2cc(-c3ccc4c(c3)oc3cccc(-c5nc(-c6ccc7ccccc7c6)nc6c5sc5ccccc56)c34)ccc2c1. The van der Waals surface area contributed by atoms with Crippen LogP contribution in [0, 0.1) is 0 Å². The van der Waals surface area contributed by atoms with Crippen molar-refractivity contribution in [3.63, 3.8) is 0 Å². The molecule has 10 rings (SSSR count). The minimum atomic E-state index is 0.722. The maximum Gasteiger partial charge on any atom is 0.160 e. The topological polar surface area (TPSA) is 38.9 Å². The maximum atomic E-state index is 6.56. The molecule has 0 unspecified atom stereocenters. The van der Waals surface area contributed by atoms with Gasteiger partial charge in [-0.25, -0.2) is 9.97 Å². The van der Waals surface area contributed by atoms with Crippen LogP contribution >= 0.6 is 11.3 Å². The molecule has 0 saturated carbocycles. The Labute approximate surface area is 268 Å². The summed E-state index contributed by atoms with van der Waals surface area (Å²) in [5.74, 6) is 0.722. The predicted octanol–water partition coefficient (Wildman–Crippen LogP) is 12.1. The van der Waals surface area contributed by atoms with Crippen molar-refractivity contribution in [2.75, 3.05) is 0 Å². The Morgan fingerprint density at radius 2 is 1.15 bits per heavy atom. The average molecular weight is 605 g/mol. The van der Waals surface area contributed by atoms with E-state index in [4.69, 9.17) is 14.4 Å². The quantitative estimate of drug-likeness (QED) is 0.201. The van der Waals surface area contributed by atoms with Crippen molar-refractivity contribution >= 4 is 75.1 Å². The summed E-state index contributed by atoms with van der Waals surface area (Å²) < 4.78 is 8.84. The first-order valence-electron chi connectivity index (χ1n) is 15.4. The van der Waals surface area contributed by atoms with Crippen LogP contribution in [0.2, 0.25) is 0 Å². The summed E-state index contributed by atoms with van der Waals surface area (Å²) in [6.45, 7) is 0. The molecule has 0 amide bonds. The fourth-order valence-corrected chi connectivity index (χ4v) is 7.95. The fourth-order valence-electron chi connectivity index (χ4n) is 6.80. The van der Waals surface area contributed by atoms with E-state index in [2.05, 4.69) is 146 Å². The van der Waals surface area contributed by atoms with Crippen LogP contribution in [-0.2, 0) is 0 Å². The molecule has 0 aliphatic heterocycles. The molecule has 0 fully saturated rings. The van der Waals surface area contributed by atoms with E-state index in [1.807, 2.05) is 0 Å². The molecule has 0 aliphatic carbocycles. The van der Waals surface area contributed by atoms with Crippen LogP contribution in [0.25, 0.3) is 97.6 Å². The second-order valence-corrected chi connectivity index (χ2v) is 12.8. The predicted molar refractivity (Wildman–Crippen MR) is 194 cm³/mol. The van der Waals surface area contributed by atoms with Crippen molar-refractivity contribution in [3.05, 3.63) is 146 Å². The zero-order valence-corrected chi connectivity index (χ0v) is 25.4. The van der Waals surface area contributed by atoms with Crippen molar-refractivity contribution < 1.29 is 4.42 Å². The van der Waals surface area contributed by atoms with Gasteiger partial charge in [0.25, 0.3) is 0 Å². The van der Waals surface area contributed by atoms with E-state index in [-0.39, 0.29) is 0 Å². The van der Waals surface area contributed by atoms with Gasteiger partial charge in [0.1, 0.15) is 11.2 Å². The lowest BCUT2D eigenvalue weighted by Gasteiger charge is -2.09. The summed E-state index contributed by atoms with van der Waals surface area (Å²) in [6.07, 6.45) is 0. The van der Waals surface area contributed by atoms with Gasteiger partial charge in [0.05, 0.1) is 15.9 Å². The Balaban J connectivity index is 1.21. The summed E-state index contributed by atoms with van der Waals surface area (Å²) in [5.41, 5.74) is 7.98. The zero-order chi connectivity index (χ0) is 30.2. The number of hydrogen-bond acceptors (Lipinski definition) is 4. The van der Waals surface area contributed by atoms with Crippen molar-refractivity contribution in [1.82, 2.24) is 9.97 Å². The Morgan fingerprint density at radius 3 is 1.98 bits per heavy atom. The molecule has 0 bridgehead atoms. The molecule has 4 heteroatoms. The number of hydrogen-bond donors (Lipinski definition) is 0. The number of thiophene rings is 1. The number of aromatic nitrogens is 2. The monoisotopic (exact) mass is 604 g/mol. The number of rotatable bonds is 3. The van der Waals surface area contributed by atoms with Crippen molar-refractivity contribution in [2.24, 2.45) is 0 Å². The molecule has 0 aliphatic rings. The van der Waals surface area contributed by atoms with E-state index in [1.165, 1.54) is 31.8 Å². The largest absolute Gasteiger partial charge is 0.456 e. The molecule has 0 N–H and O–H groups in total. The van der Waals surface area contributed by atoms with E-state index in [0.29, 0.717) is 0 Å². The van der Waals surface area contributed by atoms with Gasteiger partial charge in [0, 0.05) is 32.0 Å². The van der Waals surface area contributed by atoms with Crippen LogP contribution in [-0.4, -0.2) is 9.97 Å². The number of furan rings is 1. The molecule has 214 valence electrons. The van der Waals surface area contributed by atoms with Crippen molar-refractivity contribution in [3.8, 4) is 33.8 Å². The molecule has 46 heavy (non-hydrogen) atoms. The molecule has 0 radical (unpaired) electrons. The summed E-state index contributed by atoms with van der Waals surface area (Å²) >= 11 is 1.75. The highest BCUT2D eigenvalue weighted by atomic mass is 32.1. The summed E-state index contributed by atoms with van der Waals surface area (Å²) in [4.78, 5) is 10.5. The number of fused-ring (bicyclic) bond motifs is 8.